The van der Waals surface area contributed by atoms with E-state index < -0.39 is 10.0 Å². The molecule has 0 saturated heterocycles. The number of nitrogens with one attached hydrogen (secondary N) is 1. The average Bonchev–Trinajstić information content (AvgIpc) is 2.88. The zero-order valence-corrected chi connectivity index (χ0v) is 20.6. The maximum Gasteiger partial charge on any atom is 0.240 e. The van der Waals surface area contributed by atoms with Gasteiger partial charge in [-0.05, 0) is 66.1 Å². The zero-order valence-electron chi connectivity index (χ0n) is 19.8. The summed E-state index contributed by atoms with van der Waals surface area (Å²) in [6.45, 7) is 2.21. The standard InChI is InChI=1S/C30H27NO3S/c1-23-13-18-29(19-14-23)35(32,33)31-21-7-12-25(24-8-4-3-5-9-24)15-16-26-10-6-11-27-22-28(34-2)17-20-30(26)27/h3-6,8-14,17-20,22,31H,7,21H2,1-2H3/b25-12+. The first kappa shape index (κ1) is 24.3. The van der Waals surface area contributed by atoms with Gasteiger partial charge in [-0.3, -0.25) is 0 Å². The van der Waals surface area contributed by atoms with Crippen molar-refractivity contribution in [2.75, 3.05) is 13.7 Å². The SMILES string of the molecule is COc1ccc2c(C#C/C(=C\CCNS(=O)(=O)c3ccc(C)cc3)c3ccccc3)cccc2c1. The maximum absolute atomic E-state index is 12.6. The summed E-state index contributed by atoms with van der Waals surface area (Å²) in [5.74, 6) is 7.43. The van der Waals surface area contributed by atoms with Crippen molar-refractivity contribution in [3.05, 3.63) is 114 Å². The molecular weight excluding hydrogens is 454 g/mol. The Morgan fingerprint density at radius 3 is 2.46 bits per heavy atom. The number of sulfonamides is 1. The zero-order chi connectivity index (χ0) is 24.7. The van der Waals surface area contributed by atoms with Crippen LogP contribution in [0.2, 0.25) is 0 Å². The number of allylic oxidation sites excluding steroid dienone is 1. The summed E-state index contributed by atoms with van der Waals surface area (Å²) in [6.07, 6.45) is 2.49. The van der Waals surface area contributed by atoms with E-state index in [-0.39, 0.29) is 11.4 Å². The summed E-state index contributed by atoms with van der Waals surface area (Å²) < 4.78 is 33.2. The molecule has 0 aliphatic heterocycles. The van der Waals surface area contributed by atoms with Gasteiger partial charge in [-0.25, -0.2) is 13.1 Å². The Morgan fingerprint density at radius 1 is 0.943 bits per heavy atom. The molecule has 0 aromatic heterocycles. The molecule has 0 atom stereocenters. The Bertz CT molecular complexity index is 1510. The van der Waals surface area contributed by atoms with E-state index in [1.165, 1.54) is 0 Å². The van der Waals surface area contributed by atoms with Crippen LogP contribution >= 0.6 is 0 Å². The molecule has 35 heavy (non-hydrogen) atoms. The molecular formula is C30H27NO3S. The van der Waals surface area contributed by atoms with Crippen LogP contribution in [-0.4, -0.2) is 22.1 Å². The number of methoxy groups -OCH3 is 1. The van der Waals surface area contributed by atoms with Gasteiger partial charge in [0.1, 0.15) is 5.75 Å². The van der Waals surface area contributed by atoms with Crippen molar-refractivity contribution in [2.45, 2.75) is 18.2 Å². The summed E-state index contributed by atoms with van der Waals surface area (Å²) in [5, 5.41) is 2.12. The third-order valence-corrected chi connectivity index (χ3v) is 7.10. The van der Waals surface area contributed by atoms with Crippen molar-refractivity contribution >= 4 is 26.4 Å². The van der Waals surface area contributed by atoms with E-state index in [1.54, 1.807) is 31.4 Å². The van der Waals surface area contributed by atoms with E-state index in [0.29, 0.717) is 6.42 Å². The van der Waals surface area contributed by atoms with Crippen LogP contribution in [0.4, 0.5) is 0 Å². The highest BCUT2D eigenvalue weighted by atomic mass is 32.2. The molecule has 0 bridgehead atoms. The van der Waals surface area contributed by atoms with Crippen LogP contribution < -0.4 is 9.46 Å². The van der Waals surface area contributed by atoms with Crippen molar-refractivity contribution in [1.29, 1.82) is 0 Å². The minimum Gasteiger partial charge on any atom is -0.497 e. The van der Waals surface area contributed by atoms with Crippen LogP contribution in [-0.2, 0) is 10.0 Å². The molecule has 0 heterocycles. The summed E-state index contributed by atoms with van der Waals surface area (Å²) in [6, 6.07) is 28.7. The van der Waals surface area contributed by atoms with Gasteiger partial charge in [-0.15, -0.1) is 0 Å². The first-order chi connectivity index (χ1) is 17.0. The van der Waals surface area contributed by atoms with E-state index in [0.717, 1.165) is 38.8 Å². The number of aryl methyl sites for hydroxylation is 1. The number of benzene rings is 4. The van der Waals surface area contributed by atoms with Gasteiger partial charge in [0.25, 0.3) is 0 Å². The highest BCUT2D eigenvalue weighted by Gasteiger charge is 2.12. The smallest absolute Gasteiger partial charge is 0.240 e. The minimum absolute atomic E-state index is 0.266. The second-order valence-electron chi connectivity index (χ2n) is 8.13. The van der Waals surface area contributed by atoms with Crippen molar-refractivity contribution in [3.63, 3.8) is 0 Å². The molecule has 0 aliphatic rings. The molecule has 5 heteroatoms. The fraction of sp³-hybridized carbons (Fsp3) is 0.133. The predicted molar refractivity (Wildman–Crippen MR) is 143 cm³/mol. The van der Waals surface area contributed by atoms with Crippen LogP contribution in [0.3, 0.4) is 0 Å². The number of hydrogen-bond donors (Lipinski definition) is 1. The first-order valence-corrected chi connectivity index (χ1v) is 12.9. The summed E-state index contributed by atoms with van der Waals surface area (Å²) in [4.78, 5) is 0.266. The average molecular weight is 482 g/mol. The maximum atomic E-state index is 12.6. The molecule has 4 aromatic carbocycles. The Balaban J connectivity index is 1.56. The normalized spacial score (nSPS) is 11.7. The van der Waals surface area contributed by atoms with Crippen molar-refractivity contribution < 1.29 is 13.2 Å². The molecule has 0 radical (unpaired) electrons. The fourth-order valence-corrected chi connectivity index (χ4v) is 4.75. The van der Waals surface area contributed by atoms with Crippen LogP contribution in [0, 0.1) is 18.8 Å². The fourth-order valence-electron chi connectivity index (χ4n) is 3.70. The Morgan fingerprint density at radius 2 is 1.71 bits per heavy atom. The predicted octanol–water partition coefficient (Wildman–Crippen LogP) is 5.96. The first-order valence-electron chi connectivity index (χ1n) is 11.4. The Kier molecular flexibility index (Phi) is 7.67. The van der Waals surface area contributed by atoms with Gasteiger partial charge in [-0.1, -0.05) is 78.1 Å². The van der Waals surface area contributed by atoms with Gasteiger partial charge in [0, 0.05) is 17.7 Å². The lowest BCUT2D eigenvalue weighted by molar-refractivity contribution is 0.415. The number of rotatable bonds is 7. The molecule has 176 valence electrons. The van der Waals surface area contributed by atoms with Crippen LogP contribution in [0.15, 0.2) is 102 Å². The molecule has 4 aromatic rings. The summed E-state index contributed by atoms with van der Waals surface area (Å²) >= 11 is 0. The molecule has 0 unspecified atom stereocenters. The Labute approximate surface area is 207 Å². The van der Waals surface area contributed by atoms with Gasteiger partial charge in [0.2, 0.25) is 10.0 Å². The van der Waals surface area contributed by atoms with Crippen LogP contribution in [0.5, 0.6) is 5.75 Å². The number of ether oxygens (including phenoxy) is 1. The van der Waals surface area contributed by atoms with E-state index in [2.05, 4.69) is 16.6 Å². The lowest BCUT2D eigenvalue weighted by atomic mass is 10.0. The van der Waals surface area contributed by atoms with Crippen molar-refractivity contribution in [3.8, 4) is 17.6 Å². The highest BCUT2D eigenvalue weighted by Crippen LogP contribution is 2.24. The van der Waals surface area contributed by atoms with Gasteiger partial charge >= 0.3 is 0 Å². The lowest BCUT2D eigenvalue weighted by Crippen LogP contribution is -2.24. The van der Waals surface area contributed by atoms with E-state index in [9.17, 15) is 8.42 Å². The summed E-state index contributed by atoms with van der Waals surface area (Å²) in [7, 11) is -1.90. The van der Waals surface area contributed by atoms with Crippen molar-refractivity contribution in [1.82, 2.24) is 4.72 Å². The molecule has 1 N–H and O–H groups in total. The molecule has 4 rings (SSSR count). The van der Waals surface area contributed by atoms with E-state index >= 15 is 0 Å². The third kappa shape index (κ3) is 6.19. The molecule has 0 amide bonds. The van der Waals surface area contributed by atoms with Crippen molar-refractivity contribution in [2.24, 2.45) is 0 Å². The third-order valence-electron chi connectivity index (χ3n) is 5.62. The monoisotopic (exact) mass is 481 g/mol. The highest BCUT2D eigenvalue weighted by molar-refractivity contribution is 7.89. The second-order valence-corrected chi connectivity index (χ2v) is 9.89. The van der Waals surface area contributed by atoms with Gasteiger partial charge in [-0.2, -0.15) is 0 Å². The molecule has 0 aliphatic carbocycles. The molecule has 0 fully saturated rings. The van der Waals surface area contributed by atoms with E-state index in [4.69, 9.17) is 4.74 Å². The van der Waals surface area contributed by atoms with Gasteiger partial charge < -0.3 is 4.74 Å². The molecule has 4 nitrogen and oxygen atoms in total. The molecule has 0 spiro atoms. The van der Waals surface area contributed by atoms with Crippen LogP contribution in [0.25, 0.3) is 16.3 Å². The second kappa shape index (κ2) is 11.1. The minimum atomic E-state index is -3.55. The largest absolute Gasteiger partial charge is 0.497 e. The topological polar surface area (TPSA) is 55.4 Å². The quantitative estimate of drug-likeness (QED) is 0.262. The van der Waals surface area contributed by atoms with Gasteiger partial charge in [0.05, 0.1) is 12.0 Å². The summed E-state index contributed by atoms with van der Waals surface area (Å²) in [5.41, 5.74) is 3.78. The number of hydrogen-bond acceptors (Lipinski definition) is 3. The van der Waals surface area contributed by atoms with E-state index in [1.807, 2.05) is 79.7 Å². The van der Waals surface area contributed by atoms with Gasteiger partial charge in [0.15, 0.2) is 0 Å². The molecule has 0 saturated carbocycles. The lowest BCUT2D eigenvalue weighted by Gasteiger charge is -2.07. The Hall–Kier alpha value is -3.85. The van der Waals surface area contributed by atoms with Crippen LogP contribution in [0.1, 0.15) is 23.1 Å². The number of fused-ring (bicyclic) bond motifs is 1.